The number of nitrogens with zero attached hydrogens (tertiary/aromatic N) is 1. The first-order valence-corrected chi connectivity index (χ1v) is 9.78. The fraction of sp³-hybridized carbons (Fsp3) is 0.476. The molecule has 0 spiro atoms. The molecule has 1 aromatic carbocycles. The second-order valence-corrected chi connectivity index (χ2v) is 7.84. The monoisotopic (exact) mass is 407 g/mol. The molecule has 0 aliphatic carbocycles. The Balaban J connectivity index is 1.54. The third-order valence-electron chi connectivity index (χ3n) is 5.42. The maximum absolute atomic E-state index is 12.8. The van der Waals surface area contributed by atoms with E-state index in [4.69, 9.17) is 11.5 Å². The zero-order valence-electron chi connectivity index (χ0n) is 16.5. The first-order chi connectivity index (χ1) is 13.7. The maximum atomic E-state index is 12.8. The number of alkyl halides is 3. The van der Waals surface area contributed by atoms with Crippen LogP contribution in [0.15, 0.2) is 36.4 Å². The Morgan fingerprint density at radius 2 is 2.03 bits per heavy atom. The lowest BCUT2D eigenvalue weighted by molar-refractivity contribution is -0.137. The van der Waals surface area contributed by atoms with Crippen LogP contribution >= 0.6 is 0 Å². The topological polar surface area (TPSA) is 89.0 Å². The lowest BCUT2D eigenvalue weighted by atomic mass is 9.86. The number of halogens is 3. The second-order valence-electron chi connectivity index (χ2n) is 7.84. The van der Waals surface area contributed by atoms with Gasteiger partial charge in [0.05, 0.1) is 5.56 Å². The lowest BCUT2D eigenvalue weighted by Crippen LogP contribution is -2.43. The van der Waals surface area contributed by atoms with Gasteiger partial charge in [-0.1, -0.05) is 18.2 Å². The minimum Gasteiger partial charge on any atom is -0.384 e. The van der Waals surface area contributed by atoms with Crippen molar-refractivity contribution >= 4 is 5.82 Å². The number of nitrogens with two attached hydrogens (primary N) is 2. The van der Waals surface area contributed by atoms with Gasteiger partial charge in [0.15, 0.2) is 0 Å². The van der Waals surface area contributed by atoms with Gasteiger partial charge in [0.1, 0.15) is 5.82 Å². The number of nitrogens with one attached hydrogen (secondary N) is 2. The van der Waals surface area contributed by atoms with E-state index >= 15 is 0 Å². The van der Waals surface area contributed by atoms with Crippen LogP contribution in [0.3, 0.4) is 0 Å². The summed E-state index contributed by atoms with van der Waals surface area (Å²) in [6.07, 6.45) is -3.53. The van der Waals surface area contributed by atoms with Crippen LogP contribution in [0.5, 0.6) is 0 Å². The van der Waals surface area contributed by atoms with Gasteiger partial charge in [0, 0.05) is 24.8 Å². The number of aromatic nitrogens is 1. The van der Waals surface area contributed by atoms with E-state index in [0.29, 0.717) is 30.4 Å². The zero-order chi connectivity index (χ0) is 21.0. The highest BCUT2D eigenvalue weighted by atomic mass is 19.4. The molecular formula is C21H28F3N5. The van der Waals surface area contributed by atoms with Crippen LogP contribution in [0, 0.1) is 18.8 Å². The van der Waals surface area contributed by atoms with Crippen molar-refractivity contribution in [1.29, 1.82) is 0 Å². The number of pyridine rings is 1. The number of benzene rings is 1. The van der Waals surface area contributed by atoms with Crippen LogP contribution in [0.1, 0.15) is 22.4 Å². The molecule has 1 fully saturated rings. The predicted molar refractivity (Wildman–Crippen MR) is 108 cm³/mol. The minimum atomic E-state index is -4.33. The van der Waals surface area contributed by atoms with E-state index in [0.717, 1.165) is 36.8 Å². The van der Waals surface area contributed by atoms with Gasteiger partial charge < -0.3 is 22.1 Å². The Kier molecular flexibility index (Phi) is 6.77. The van der Waals surface area contributed by atoms with Crippen molar-refractivity contribution in [3.63, 3.8) is 0 Å². The van der Waals surface area contributed by atoms with Gasteiger partial charge >= 0.3 is 6.18 Å². The summed E-state index contributed by atoms with van der Waals surface area (Å²) in [5.74, 6) is 1.12. The van der Waals surface area contributed by atoms with E-state index in [1.165, 1.54) is 12.1 Å². The highest BCUT2D eigenvalue weighted by Crippen LogP contribution is 2.29. The summed E-state index contributed by atoms with van der Waals surface area (Å²) in [5.41, 5.74) is 14.3. The van der Waals surface area contributed by atoms with Crippen LogP contribution in [-0.2, 0) is 19.1 Å². The molecule has 1 aliphatic heterocycles. The molecule has 3 atom stereocenters. The summed E-state index contributed by atoms with van der Waals surface area (Å²) in [5, 5.41) is 6.60. The second kappa shape index (κ2) is 9.11. The zero-order valence-corrected chi connectivity index (χ0v) is 16.5. The lowest BCUT2D eigenvalue weighted by Gasteiger charge is -2.25. The van der Waals surface area contributed by atoms with Crippen molar-refractivity contribution in [2.75, 3.05) is 25.4 Å². The first kappa shape index (κ1) is 21.5. The smallest absolute Gasteiger partial charge is 0.384 e. The van der Waals surface area contributed by atoms with Crippen LogP contribution in [0.4, 0.5) is 19.0 Å². The molecule has 3 rings (SSSR count). The largest absolute Gasteiger partial charge is 0.416 e. The van der Waals surface area contributed by atoms with Gasteiger partial charge in [-0.25, -0.2) is 4.98 Å². The van der Waals surface area contributed by atoms with Crippen molar-refractivity contribution in [2.24, 2.45) is 17.6 Å². The minimum absolute atomic E-state index is 0.108. The highest BCUT2D eigenvalue weighted by Gasteiger charge is 2.32. The molecule has 158 valence electrons. The van der Waals surface area contributed by atoms with Crippen molar-refractivity contribution < 1.29 is 13.2 Å². The average Bonchev–Trinajstić information content (AvgIpc) is 3.08. The van der Waals surface area contributed by atoms with Crippen molar-refractivity contribution in [3.05, 3.63) is 58.8 Å². The van der Waals surface area contributed by atoms with Crippen LogP contribution in [-0.4, -0.2) is 30.7 Å². The third-order valence-corrected chi connectivity index (χ3v) is 5.42. The normalized spacial score (nSPS) is 20.7. The number of rotatable bonds is 7. The number of aryl methyl sites for hydroxylation is 1. The molecule has 5 nitrogen and oxygen atoms in total. The highest BCUT2D eigenvalue weighted by molar-refractivity contribution is 5.34. The molecule has 2 aromatic rings. The molecule has 8 heteroatoms. The molecule has 0 radical (unpaired) electrons. The van der Waals surface area contributed by atoms with E-state index in [1.54, 1.807) is 6.07 Å². The van der Waals surface area contributed by atoms with Crippen LogP contribution < -0.4 is 22.1 Å². The molecule has 2 heterocycles. The summed E-state index contributed by atoms with van der Waals surface area (Å²) in [4.78, 5) is 4.42. The summed E-state index contributed by atoms with van der Waals surface area (Å²) >= 11 is 0. The van der Waals surface area contributed by atoms with Gasteiger partial charge in [-0.15, -0.1) is 0 Å². The summed E-state index contributed by atoms with van der Waals surface area (Å²) in [6, 6.07) is 9.14. The summed E-state index contributed by atoms with van der Waals surface area (Å²) < 4.78 is 38.5. The molecule has 1 aromatic heterocycles. The SMILES string of the molecule is Cc1cc(N)nc(C[C@@H]2CNC[C@H]2C(N)CNCc2cccc(C(F)(F)F)c2)c1. The van der Waals surface area contributed by atoms with Crippen molar-refractivity contribution in [1.82, 2.24) is 15.6 Å². The first-order valence-electron chi connectivity index (χ1n) is 9.78. The predicted octanol–water partition coefficient (Wildman–Crippen LogP) is 2.49. The van der Waals surface area contributed by atoms with Gasteiger partial charge in [0.2, 0.25) is 0 Å². The van der Waals surface area contributed by atoms with E-state index in [-0.39, 0.29) is 12.0 Å². The van der Waals surface area contributed by atoms with E-state index < -0.39 is 11.7 Å². The van der Waals surface area contributed by atoms with Crippen molar-refractivity contribution in [3.8, 4) is 0 Å². The molecule has 0 bridgehead atoms. The maximum Gasteiger partial charge on any atom is 0.416 e. The van der Waals surface area contributed by atoms with Gasteiger partial charge in [-0.05, 0) is 67.6 Å². The molecule has 29 heavy (non-hydrogen) atoms. The number of nitrogen functional groups attached to an aromatic ring is 1. The van der Waals surface area contributed by atoms with E-state index in [9.17, 15) is 13.2 Å². The van der Waals surface area contributed by atoms with Gasteiger partial charge in [-0.3, -0.25) is 0 Å². The van der Waals surface area contributed by atoms with Gasteiger partial charge in [0.25, 0.3) is 0 Å². The number of hydrogen-bond donors (Lipinski definition) is 4. The standard InChI is InChI=1S/C21H28F3N5/c1-13-5-17(29-20(26)6-13)8-15-10-28-11-18(15)19(25)12-27-9-14-3-2-4-16(7-14)21(22,23)24/h2-7,15,18-19,27-28H,8-12,25H2,1H3,(H2,26,29)/t15-,18-,19?/m1/s1. The number of hydrogen-bond acceptors (Lipinski definition) is 5. The average molecular weight is 407 g/mol. The Labute approximate surface area is 169 Å². The summed E-state index contributed by atoms with van der Waals surface area (Å²) in [7, 11) is 0. The third kappa shape index (κ3) is 5.91. The quantitative estimate of drug-likeness (QED) is 0.566. The number of anilines is 1. The molecular weight excluding hydrogens is 379 g/mol. The van der Waals surface area contributed by atoms with Crippen LogP contribution in [0.25, 0.3) is 0 Å². The Morgan fingerprint density at radius 1 is 1.24 bits per heavy atom. The fourth-order valence-electron chi connectivity index (χ4n) is 4.01. The molecule has 1 aliphatic rings. The molecule has 1 unspecified atom stereocenters. The van der Waals surface area contributed by atoms with E-state index in [1.807, 2.05) is 19.1 Å². The Morgan fingerprint density at radius 3 is 2.76 bits per heavy atom. The Hall–Kier alpha value is -2.16. The molecule has 0 amide bonds. The Bertz CT molecular complexity index is 804. The molecule has 0 saturated carbocycles. The summed E-state index contributed by atoms with van der Waals surface area (Å²) in [6.45, 7) is 4.55. The van der Waals surface area contributed by atoms with Gasteiger partial charge in [-0.2, -0.15) is 13.2 Å². The molecule has 6 N–H and O–H groups in total. The van der Waals surface area contributed by atoms with Crippen LogP contribution in [0.2, 0.25) is 0 Å². The van der Waals surface area contributed by atoms with E-state index in [2.05, 4.69) is 15.6 Å². The molecule has 1 saturated heterocycles. The fourth-order valence-corrected chi connectivity index (χ4v) is 4.01. The van der Waals surface area contributed by atoms with Crippen molar-refractivity contribution in [2.45, 2.75) is 32.1 Å².